The molecule has 100 valence electrons. The monoisotopic (exact) mass is 242 g/mol. The Balaban J connectivity index is 2.66. The van der Waals surface area contributed by atoms with E-state index in [1.165, 1.54) is 0 Å². The average molecular weight is 242 g/mol. The number of nitrogens with zero attached hydrogens (tertiary/aromatic N) is 1. The van der Waals surface area contributed by atoms with E-state index < -0.39 is 0 Å². The Bertz CT molecular complexity index is 233. The van der Waals surface area contributed by atoms with E-state index in [4.69, 9.17) is 4.74 Å². The van der Waals surface area contributed by atoms with Gasteiger partial charge in [0.15, 0.2) is 0 Å². The zero-order valence-electron chi connectivity index (χ0n) is 11.4. The van der Waals surface area contributed by atoms with Gasteiger partial charge in [-0.15, -0.1) is 0 Å². The standard InChI is InChI=1S/C13H26N2O2/c1-4-7-11(5-2)15-9-8-14-10-12(15)13(16)17-6-3/h11-12,14H,4-10H2,1-3H3. The minimum Gasteiger partial charge on any atom is -0.465 e. The molecule has 0 radical (unpaired) electrons. The Morgan fingerprint density at radius 2 is 2.24 bits per heavy atom. The predicted octanol–water partition coefficient (Wildman–Crippen LogP) is 1.40. The van der Waals surface area contributed by atoms with Crippen molar-refractivity contribution in [2.45, 2.75) is 52.1 Å². The van der Waals surface area contributed by atoms with Crippen LogP contribution >= 0.6 is 0 Å². The molecule has 0 aromatic carbocycles. The lowest BCUT2D eigenvalue weighted by Gasteiger charge is -2.39. The van der Waals surface area contributed by atoms with Crippen molar-refractivity contribution in [1.29, 1.82) is 0 Å². The molecule has 17 heavy (non-hydrogen) atoms. The lowest BCUT2D eigenvalue weighted by Crippen LogP contribution is -2.58. The molecule has 0 amide bonds. The Morgan fingerprint density at radius 3 is 2.82 bits per heavy atom. The van der Waals surface area contributed by atoms with Gasteiger partial charge in [-0.3, -0.25) is 9.69 Å². The lowest BCUT2D eigenvalue weighted by atomic mass is 10.0. The highest BCUT2D eigenvalue weighted by atomic mass is 16.5. The molecule has 2 atom stereocenters. The first-order chi connectivity index (χ1) is 8.24. The van der Waals surface area contributed by atoms with Crippen molar-refractivity contribution >= 4 is 5.97 Å². The fourth-order valence-corrected chi connectivity index (χ4v) is 2.55. The minimum absolute atomic E-state index is 0.0748. The van der Waals surface area contributed by atoms with Gasteiger partial charge in [-0.1, -0.05) is 20.3 Å². The van der Waals surface area contributed by atoms with Crippen LogP contribution in [0, 0.1) is 0 Å². The third kappa shape index (κ3) is 3.96. The summed E-state index contributed by atoms with van der Waals surface area (Å²) in [7, 11) is 0. The molecule has 1 saturated heterocycles. The summed E-state index contributed by atoms with van der Waals surface area (Å²) in [6.45, 7) is 9.36. The first-order valence-corrected chi connectivity index (χ1v) is 6.87. The zero-order chi connectivity index (χ0) is 12.7. The van der Waals surface area contributed by atoms with E-state index in [9.17, 15) is 4.79 Å². The number of nitrogens with one attached hydrogen (secondary N) is 1. The summed E-state index contributed by atoms with van der Waals surface area (Å²) in [6, 6.07) is 0.414. The Kier molecular flexibility index (Phi) is 6.52. The summed E-state index contributed by atoms with van der Waals surface area (Å²) in [4.78, 5) is 14.3. The Labute approximate surface area is 105 Å². The molecule has 4 heteroatoms. The molecule has 0 saturated carbocycles. The van der Waals surface area contributed by atoms with E-state index in [2.05, 4.69) is 24.1 Å². The second kappa shape index (κ2) is 7.67. The smallest absolute Gasteiger partial charge is 0.324 e. The van der Waals surface area contributed by atoms with Gasteiger partial charge in [0.2, 0.25) is 0 Å². The molecule has 0 aliphatic carbocycles. The van der Waals surface area contributed by atoms with Gasteiger partial charge in [-0.25, -0.2) is 0 Å². The highest BCUT2D eigenvalue weighted by Crippen LogP contribution is 2.17. The van der Waals surface area contributed by atoms with E-state index in [1.54, 1.807) is 0 Å². The average Bonchev–Trinajstić information content (AvgIpc) is 2.36. The maximum atomic E-state index is 11.9. The Morgan fingerprint density at radius 1 is 1.47 bits per heavy atom. The van der Waals surface area contributed by atoms with Crippen molar-refractivity contribution in [3.05, 3.63) is 0 Å². The molecule has 4 nitrogen and oxygen atoms in total. The molecular weight excluding hydrogens is 216 g/mol. The van der Waals surface area contributed by atoms with Gasteiger partial charge in [-0.05, 0) is 19.8 Å². The molecule has 1 aliphatic rings. The van der Waals surface area contributed by atoms with Crippen LogP contribution in [0.5, 0.6) is 0 Å². The number of carbonyl (C=O) groups is 1. The third-order valence-corrected chi connectivity index (χ3v) is 3.41. The van der Waals surface area contributed by atoms with Gasteiger partial charge in [0.25, 0.3) is 0 Å². The van der Waals surface area contributed by atoms with Crippen LogP contribution in [0.2, 0.25) is 0 Å². The van der Waals surface area contributed by atoms with Crippen LogP contribution in [0.1, 0.15) is 40.0 Å². The summed E-state index contributed by atoms with van der Waals surface area (Å²) in [5, 5.41) is 3.28. The largest absolute Gasteiger partial charge is 0.465 e. The molecule has 1 aliphatic heterocycles. The normalized spacial score (nSPS) is 23.4. The van der Waals surface area contributed by atoms with E-state index in [0.29, 0.717) is 12.6 Å². The summed E-state index contributed by atoms with van der Waals surface area (Å²) in [5.41, 5.74) is 0. The molecule has 1 rings (SSSR count). The topological polar surface area (TPSA) is 41.6 Å². The predicted molar refractivity (Wildman–Crippen MR) is 69.0 cm³/mol. The van der Waals surface area contributed by atoms with Gasteiger partial charge in [0.1, 0.15) is 6.04 Å². The van der Waals surface area contributed by atoms with Crippen molar-refractivity contribution in [1.82, 2.24) is 10.2 Å². The fraction of sp³-hybridized carbons (Fsp3) is 0.923. The summed E-state index contributed by atoms with van der Waals surface area (Å²) < 4.78 is 5.16. The number of rotatable bonds is 6. The molecule has 0 aromatic rings. The van der Waals surface area contributed by atoms with Crippen molar-refractivity contribution in [2.24, 2.45) is 0 Å². The zero-order valence-corrected chi connectivity index (χ0v) is 11.4. The minimum atomic E-state index is -0.0970. The quantitative estimate of drug-likeness (QED) is 0.715. The van der Waals surface area contributed by atoms with E-state index in [1.807, 2.05) is 6.92 Å². The highest BCUT2D eigenvalue weighted by molar-refractivity contribution is 5.76. The Hall–Kier alpha value is -0.610. The first-order valence-electron chi connectivity index (χ1n) is 6.87. The molecule has 1 heterocycles. The number of esters is 1. The SMILES string of the molecule is CCCC(CC)N1CCNCC1C(=O)OCC. The molecular formula is C13H26N2O2. The maximum Gasteiger partial charge on any atom is 0.324 e. The van der Waals surface area contributed by atoms with Crippen LogP contribution in [0.4, 0.5) is 0 Å². The van der Waals surface area contributed by atoms with Gasteiger partial charge in [-0.2, -0.15) is 0 Å². The van der Waals surface area contributed by atoms with Crippen LogP contribution in [0.15, 0.2) is 0 Å². The van der Waals surface area contributed by atoms with Gasteiger partial charge < -0.3 is 10.1 Å². The summed E-state index contributed by atoms with van der Waals surface area (Å²) >= 11 is 0. The second-order valence-corrected chi connectivity index (χ2v) is 4.56. The van der Waals surface area contributed by atoms with Crippen LogP contribution in [0.25, 0.3) is 0 Å². The van der Waals surface area contributed by atoms with Gasteiger partial charge >= 0.3 is 5.97 Å². The molecule has 0 bridgehead atoms. The third-order valence-electron chi connectivity index (χ3n) is 3.41. The fourth-order valence-electron chi connectivity index (χ4n) is 2.55. The molecule has 2 unspecified atom stereocenters. The molecule has 0 spiro atoms. The van der Waals surface area contributed by atoms with Crippen LogP contribution in [0.3, 0.4) is 0 Å². The molecule has 1 N–H and O–H groups in total. The number of ether oxygens (including phenoxy) is 1. The van der Waals surface area contributed by atoms with E-state index in [0.717, 1.165) is 38.9 Å². The van der Waals surface area contributed by atoms with Crippen molar-refractivity contribution in [3.63, 3.8) is 0 Å². The van der Waals surface area contributed by atoms with Crippen molar-refractivity contribution < 1.29 is 9.53 Å². The van der Waals surface area contributed by atoms with E-state index in [-0.39, 0.29) is 12.0 Å². The molecule has 0 aromatic heterocycles. The lowest BCUT2D eigenvalue weighted by molar-refractivity contribution is -0.151. The number of hydrogen-bond donors (Lipinski definition) is 1. The summed E-state index contributed by atoms with van der Waals surface area (Å²) in [5.74, 6) is -0.0748. The van der Waals surface area contributed by atoms with Crippen LogP contribution < -0.4 is 5.32 Å². The maximum absolute atomic E-state index is 11.9. The van der Waals surface area contributed by atoms with Crippen molar-refractivity contribution in [2.75, 3.05) is 26.2 Å². The van der Waals surface area contributed by atoms with Gasteiger partial charge in [0.05, 0.1) is 6.61 Å². The number of carbonyl (C=O) groups excluding carboxylic acids is 1. The number of piperazine rings is 1. The molecule has 1 fully saturated rings. The van der Waals surface area contributed by atoms with Crippen LogP contribution in [-0.2, 0) is 9.53 Å². The van der Waals surface area contributed by atoms with Crippen molar-refractivity contribution in [3.8, 4) is 0 Å². The number of hydrogen-bond acceptors (Lipinski definition) is 4. The van der Waals surface area contributed by atoms with E-state index >= 15 is 0 Å². The summed E-state index contributed by atoms with van der Waals surface area (Å²) in [6.07, 6.45) is 3.42. The first kappa shape index (κ1) is 14.5. The second-order valence-electron chi connectivity index (χ2n) is 4.56. The van der Waals surface area contributed by atoms with Gasteiger partial charge in [0, 0.05) is 25.7 Å². The highest BCUT2D eigenvalue weighted by Gasteiger charge is 2.33. The van der Waals surface area contributed by atoms with Crippen LogP contribution in [-0.4, -0.2) is 49.2 Å².